The van der Waals surface area contributed by atoms with E-state index in [1.807, 2.05) is 59.2 Å². The van der Waals surface area contributed by atoms with Gasteiger partial charge in [-0.3, -0.25) is 9.36 Å². The van der Waals surface area contributed by atoms with Crippen LogP contribution < -0.4 is 14.9 Å². The van der Waals surface area contributed by atoms with Crippen LogP contribution >= 0.6 is 11.8 Å². The number of nitrogens with one attached hydrogen (secondary N) is 1. The highest BCUT2D eigenvalue weighted by Crippen LogP contribution is 2.29. The minimum atomic E-state index is -0.293. The molecule has 3 aromatic carbocycles. The predicted octanol–water partition coefficient (Wildman–Crippen LogP) is 4.29. The monoisotopic (exact) mass is 503 g/mol. The van der Waals surface area contributed by atoms with Crippen LogP contribution in [0.3, 0.4) is 0 Å². The summed E-state index contributed by atoms with van der Waals surface area (Å²) in [4.78, 5) is 12.5. The highest BCUT2D eigenvalue weighted by Gasteiger charge is 2.17. The molecule has 0 unspecified atom stereocenters. The molecule has 0 saturated heterocycles. The maximum Gasteiger partial charge on any atom is 0.250 e. The number of aromatic nitrogens is 3. The number of rotatable bonds is 9. The third-order valence-corrected chi connectivity index (χ3v) is 6.20. The lowest BCUT2D eigenvalue weighted by molar-refractivity contribution is -0.118. The highest BCUT2D eigenvalue weighted by molar-refractivity contribution is 7.99. The first-order valence-corrected chi connectivity index (χ1v) is 12.0. The molecule has 0 aliphatic carbocycles. The molecule has 9 nitrogen and oxygen atoms in total. The minimum Gasteiger partial charge on any atom is -0.504 e. The molecule has 0 aliphatic rings. The van der Waals surface area contributed by atoms with Gasteiger partial charge in [-0.15, -0.1) is 10.2 Å². The van der Waals surface area contributed by atoms with Crippen molar-refractivity contribution in [2.75, 3.05) is 20.0 Å². The van der Waals surface area contributed by atoms with E-state index < -0.39 is 0 Å². The van der Waals surface area contributed by atoms with Gasteiger partial charge in [-0.1, -0.05) is 30.0 Å². The van der Waals surface area contributed by atoms with Crippen LogP contribution in [0.1, 0.15) is 12.5 Å². The van der Waals surface area contributed by atoms with Crippen molar-refractivity contribution in [1.82, 2.24) is 20.2 Å². The van der Waals surface area contributed by atoms with Crippen LogP contribution in [0.5, 0.6) is 17.2 Å². The zero-order chi connectivity index (χ0) is 25.5. The molecular formula is C26H25N5O4S. The van der Waals surface area contributed by atoms with Crippen LogP contribution in [0.4, 0.5) is 0 Å². The van der Waals surface area contributed by atoms with E-state index in [0.29, 0.717) is 28.0 Å². The fraction of sp³-hybridized carbons (Fsp3) is 0.154. The zero-order valence-corrected chi connectivity index (χ0v) is 20.8. The van der Waals surface area contributed by atoms with E-state index >= 15 is 0 Å². The predicted molar refractivity (Wildman–Crippen MR) is 139 cm³/mol. The molecule has 0 fully saturated rings. The number of para-hydroxylation sites is 1. The van der Waals surface area contributed by atoms with Gasteiger partial charge in [0.25, 0.3) is 5.91 Å². The Bertz CT molecular complexity index is 1370. The van der Waals surface area contributed by atoms with Gasteiger partial charge in [0.15, 0.2) is 22.5 Å². The first-order chi connectivity index (χ1) is 17.5. The molecule has 0 bridgehead atoms. The van der Waals surface area contributed by atoms with Crippen LogP contribution in [0, 0.1) is 0 Å². The maximum atomic E-state index is 12.5. The Labute approximate surface area is 212 Å². The number of nitrogens with zero attached hydrogens (tertiary/aromatic N) is 4. The van der Waals surface area contributed by atoms with Gasteiger partial charge in [0.1, 0.15) is 5.75 Å². The Morgan fingerprint density at radius 2 is 1.78 bits per heavy atom. The molecule has 2 N–H and O–H groups in total. The smallest absolute Gasteiger partial charge is 0.250 e. The van der Waals surface area contributed by atoms with Gasteiger partial charge in [-0.25, -0.2) is 5.43 Å². The summed E-state index contributed by atoms with van der Waals surface area (Å²) in [6.07, 6.45) is 0. The lowest BCUT2D eigenvalue weighted by Gasteiger charge is -2.10. The zero-order valence-electron chi connectivity index (χ0n) is 20.0. The summed E-state index contributed by atoms with van der Waals surface area (Å²) in [6.45, 7) is 1.76. The van der Waals surface area contributed by atoms with Gasteiger partial charge in [-0.05, 0) is 61.5 Å². The summed E-state index contributed by atoms with van der Waals surface area (Å²) in [5.74, 6) is 1.56. The number of hydrogen-bond donors (Lipinski definition) is 2. The van der Waals surface area contributed by atoms with Crippen molar-refractivity contribution >= 4 is 23.4 Å². The summed E-state index contributed by atoms with van der Waals surface area (Å²) >= 11 is 1.26. The van der Waals surface area contributed by atoms with Gasteiger partial charge < -0.3 is 14.6 Å². The third kappa shape index (κ3) is 5.66. The van der Waals surface area contributed by atoms with Crippen molar-refractivity contribution in [1.29, 1.82) is 0 Å². The standard InChI is InChI=1S/C26H25N5O4S/c1-17(19-11-14-22(32)23(15-19)35-3)27-28-24(33)16-36-26-30-29-25(18-9-12-21(34-2)13-10-18)31(26)20-7-5-4-6-8-20/h4-15,32H,16H2,1-3H3,(H,28,33). The number of carbonyl (C=O) groups excluding carboxylic acids is 1. The number of benzene rings is 3. The quantitative estimate of drug-likeness (QED) is 0.199. The molecular weight excluding hydrogens is 478 g/mol. The molecule has 36 heavy (non-hydrogen) atoms. The van der Waals surface area contributed by atoms with E-state index in [1.165, 1.54) is 24.9 Å². The molecule has 184 valence electrons. The average molecular weight is 504 g/mol. The Morgan fingerprint density at radius 3 is 2.47 bits per heavy atom. The summed E-state index contributed by atoms with van der Waals surface area (Å²) in [5.41, 5.74) is 5.60. The topological polar surface area (TPSA) is 111 Å². The van der Waals surface area contributed by atoms with E-state index in [-0.39, 0.29) is 17.4 Å². The molecule has 0 saturated carbocycles. The van der Waals surface area contributed by atoms with Crippen LogP contribution in [0.25, 0.3) is 17.1 Å². The number of carbonyl (C=O) groups is 1. The third-order valence-electron chi connectivity index (χ3n) is 5.27. The minimum absolute atomic E-state index is 0.0334. The molecule has 4 aromatic rings. The van der Waals surface area contributed by atoms with Crippen LogP contribution in [-0.4, -0.2) is 51.5 Å². The van der Waals surface area contributed by atoms with Gasteiger partial charge in [-0.2, -0.15) is 5.10 Å². The molecule has 0 radical (unpaired) electrons. The second-order valence-electron chi connectivity index (χ2n) is 7.61. The molecule has 0 aliphatic heterocycles. The molecule has 1 aromatic heterocycles. The van der Waals surface area contributed by atoms with Crippen LogP contribution in [0.15, 0.2) is 83.1 Å². The number of phenols is 1. The second-order valence-corrected chi connectivity index (χ2v) is 8.56. The highest BCUT2D eigenvalue weighted by atomic mass is 32.2. The SMILES string of the molecule is COc1ccc(-c2nnc(SCC(=O)NN=C(C)c3ccc(O)c(OC)c3)n2-c2ccccc2)cc1. The summed E-state index contributed by atoms with van der Waals surface area (Å²) in [5, 5.41) is 23.2. The van der Waals surface area contributed by atoms with Gasteiger partial charge >= 0.3 is 0 Å². The van der Waals surface area contributed by atoms with Crippen LogP contribution in [-0.2, 0) is 4.79 Å². The summed E-state index contributed by atoms with van der Waals surface area (Å²) in [7, 11) is 3.09. The Balaban J connectivity index is 1.50. The maximum absolute atomic E-state index is 12.5. The molecule has 1 amide bonds. The fourth-order valence-corrected chi connectivity index (χ4v) is 4.12. The lowest BCUT2D eigenvalue weighted by Crippen LogP contribution is -2.21. The summed E-state index contributed by atoms with van der Waals surface area (Å²) in [6, 6.07) is 22.1. The second kappa shape index (κ2) is 11.4. The Hall–Kier alpha value is -4.31. The average Bonchev–Trinajstić information content (AvgIpc) is 3.35. The van der Waals surface area contributed by atoms with Crippen molar-refractivity contribution in [3.63, 3.8) is 0 Å². The number of amides is 1. The van der Waals surface area contributed by atoms with E-state index in [9.17, 15) is 9.90 Å². The molecule has 0 spiro atoms. The fourth-order valence-electron chi connectivity index (χ4n) is 3.38. The largest absolute Gasteiger partial charge is 0.504 e. The first-order valence-electron chi connectivity index (χ1n) is 11.0. The van der Waals surface area contributed by atoms with E-state index in [2.05, 4.69) is 20.7 Å². The normalized spacial score (nSPS) is 11.2. The van der Waals surface area contributed by atoms with Crippen molar-refractivity contribution in [2.45, 2.75) is 12.1 Å². The first kappa shape index (κ1) is 24.8. The number of phenolic OH excluding ortho intramolecular Hbond substituents is 1. The van der Waals surface area contributed by atoms with Gasteiger partial charge in [0.05, 0.1) is 25.7 Å². The van der Waals surface area contributed by atoms with E-state index in [0.717, 1.165) is 17.0 Å². The Morgan fingerprint density at radius 1 is 1.03 bits per heavy atom. The van der Waals surface area contributed by atoms with E-state index in [4.69, 9.17) is 9.47 Å². The van der Waals surface area contributed by atoms with Gasteiger partial charge in [0.2, 0.25) is 0 Å². The molecule has 10 heteroatoms. The van der Waals surface area contributed by atoms with Crippen molar-refractivity contribution in [2.24, 2.45) is 5.10 Å². The number of thioether (sulfide) groups is 1. The Kier molecular flexibility index (Phi) is 7.86. The van der Waals surface area contributed by atoms with Crippen molar-refractivity contribution in [3.8, 4) is 34.3 Å². The molecule has 4 rings (SSSR count). The number of hydrazone groups is 1. The van der Waals surface area contributed by atoms with Crippen molar-refractivity contribution < 1.29 is 19.4 Å². The van der Waals surface area contributed by atoms with Crippen molar-refractivity contribution in [3.05, 3.63) is 78.4 Å². The van der Waals surface area contributed by atoms with Gasteiger partial charge in [0, 0.05) is 16.8 Å². The molecule has 0 atom stereocenters. The number of aromatic hydroxyl groups is 1. The number of methoxy groups -OCH3 is 2. The van der Waals surface area contributed by atoms with E-state index in [1.54, 1.807) is 26.2 Å². The number of hydrogen-bond acceptors (Lipinski definition) is 8. The summed E-state index contributed by atoms with van der Waals surface area (Å²) < 4.78 is 12.3. The molecule has 1 heterocycles. The number of ether oxygens (including phenoxy) is 2. The lowest BCUT2D eigenvalue weighted by atomic mass is 10.1. The van der Waals surface area contributed by atoms with Crippen LogP contribution in [0.2, 0.25) is 0 Å².